The van der Waals surface area contributed by atoms with Gasteiger partial charge in [0, 0.05) is 21.7 Å². The summed E-state index contributed by atoms with van der Waals surface area (Å²) in [5, 5.41) is 0.577. The molecule has 0 bridgehead atoms. The van der Waals surface area contributed by atoms with Gasteiger partial charge in [0.15, 0.2) is 24.1 Å². The zero-order valence-corrected chi connectivity index (χ0v) is 21.6. The van der Waals surface area contributed by atoms with Crippen LogP contribution in [0, 0.1) is 6.92 Å². The van der Waals surface area contributed by atoms with Gasteiger partial charge in [-0.1, -0.05) is 11.6 Å². The van der Waals surface area contributed by atoms with E-state index in [9.17, 15) is 4.79 Å². The highest BCUT2D eigenvalue weighted by molar-refractivity contribution is 6.30. The van der Waals surface area contributed by atoms with Crippen LogP contribution >= 0.6 is 11.6 Å². The van der Waals surface area contributed by atoms with Crippen molar-refractivity contribution < 1.29 is 38.0 Å². The van der Waals surface area contributed by atoms with Gasteiger partial charge in [-0.3, -0.25) is 4.79 Å². The van der Waals surface area contributed by atoms with E-state index in [-0.39, 0.29) is 24.9 Å². The minimum absolute atomic E-state index is 0.177. The lowest BCUT2D eigenvalue weighted by Gasteiger charge is -2.21. The second-order valence-corrected chi connectivity index (χ2v) is 8.85. The number of halogens is 1. The molecule has 3 aromatic carbocycles. The molecule has 2 aliphatic rings. The zero-order valence-electron chi connectivity index (χ0n) is 20.8. The van der Waals surface area contributed by atoms with Crippen LogP contribution in [0.2, 0.25) is 5.02 Å². The van der Waals surface area contributed by atoms with Crippen LogP contribution in [0.3, 0.4) is 0 Å². The van der Waals surface area contributed by atoms with Gasteiger partial charge in [0.1, 0.15) is 23.9 Å². The molecule has 9 heteroatoms. The molecule has 0 spiro atoms. The van der Waals surface area contributed by atoms with E-state index in [2.05, 4.69) is 0 Å². The van der Waals surface area contributed by atoms with Crippen LogP contribution in [-0.4, -0.2) is 33.9 Å². The number of allylic oxidation sites excluding steroid dienone is 1. The number of Topliss-reactive ketones (excluding diaryl/α,β-unsaturated/α-hetero) is 1. The van der Waals surface area contributed by atoms with Gasteiger partial charge in [-0.15, -0.1) is 0 Å². The van der Waals surface area contributed by atoms with E-state index in [1.165, 1.54) is 21.3 Å². The normalized spacial score (nSPS) is 14.9. The van der Waals surface area contributed by atoms with Crippen molar-refractivity contribution in [3.63, 3.8) is 0 Å². The van der Waals surface area contributed by atoms with Gasteiger partial charge < -0.3 is 33.2 Å². The topological polar surface area (TPSA) is 81.7 Å². The molecule has 0 saturated heterocycles. The summed E-state index contributed by atoms with van der Waals surface area (Å²) in [5.41, 5.74) is 3.52. The number of carbonyl (C=O) groups excluding carboxylic acids is 1. The molecule has 0 amide bonds. The first kappa shape index (κ1) is 24.8. The number of fused-ring (bicyclic) bond motifs is 2. The van der Waals surface area contributed by atoms with Crippen molar-refractivity contribution in [3.8, 4) is 34.5 Å². The van der Waals surface area contributed by atoms with E-state index in [1.807, 2.05) is 19.1 Å². The Balaban J connectivity index is 1.40. The van der Waals surface area contributed by atoms with Gasteiger partial charge in [0.2, 0.25) is 11.5 Å². The summed E-state index contributed by atoms with van der Waals surface area (Å²) in [6.07, 6.45) is 1.64. The van der Waals surface area contributed by atoms with E-state index in [0.717, 1.165) is 16.9 Å². The molecule has 8 nitrogen and oxygen atoms in total. The molecule has 0 aliphatic carbocycles. The van der Waals surface area contributed by atoms with Gasteiger partial charge in [0.25, 0.3) is 0 Å². The van der Waals surface area contributed by atoms with Gasteiger partial charge in [-0.25, -0.2) is 0 Å². The monoisotopic (exact) mass is 524 g/mol. The third kappa shape index (κ3) is 4.65. The summed E-state index contributed by atoms with van der Waals surface area (Å²) in [5.74, 6) is 3.13. The van der Waals surface area contributed by atoms with E-state index in [1.54, 1.807) is 30.3 Å². The molecule has 0 N–H and O–H groups in total. The molecule has 3 aromatic rings. The summed E-state index contributed by atoms with van der Waals surface area (Å²) in [4.78, 5) is 13.1. The van der Waals surface area contributed by atoms with E-state index < -0.39 is 0 Å². The van der Waals surface area contributed by atoms with Crippen LogP contribution in [0.1, 0.15) is 32.6 Å². The van der Waals surface area contributed by atoms with Crippen molar-refractivity contribution in [2.45, 2.75) is 20.1 Å². The maximum atomic E-state index is 13.1. The Morgan fingerprint density at radius 2 is 1.73 bits per heavy atom. The zero-order chi connectivity index (χ0) is 26.1. The summed E-state index contributed by atoms with van der Waals surface area (Å²) in [7, 11) is 4.60. The first-order valence-corrected chi connectivity index (χ1v) is 11.8. The minimum Gasteiger partial charge on any atom is -0.493 e. The molecule has 0 unspecified atom stereocenters. The van der Waals surface area contributed by atoms with Crippen LogP contribution in [0.5, 0.6) is 34.5 Å². The first-order valence-electron chi connectivity index (χ1n) is 11.5. The second kappa shape index (κ2) is 10.2. The SMILES string of the molecule is COc1cc(/C=C2\Oc3c(ccc(OCc4cc(Cl)cc5c4OCOC5)c3C)C2=O)cc(OC)c1OC. The maximum Gasteiger partial charge on any atom is 0.231 e. The largest absolute Gasteiger partial charge is 0.493 e. The number of ether oxygens (including phenoxy) is 7. The third-order valence-corrected chi connectivity index (χ3v) is 6.37. The fourth-order valence-corrected chi connectivity index (χ4v) is 4.64. The van der Waals surface area contributed by atoms with Crippen molar-refractivity contribution in [3.05, 3.63) is 75.0 Å². The quantitative estimate of drug-likeness (QED) is 0.362. The van der Waals surface area contributed by atoms with Gasteiger partial charge in [-0.2, -0.15) is 0 Å². The second-order valence-electron chi connectivity index (χ2n) is 8.42. The number of rotatable bonds is 7. The average Bonchev–Trinajstić information content (AvgIpc) is 3.22. The highest BCUT2D eigenvalue weighted by atomic mass is 35.5. The molecule has 0 saturated carbocycles. The van der Waals surface area contributed by atoms with Gasteiger partial charge in [-0.05, 0) is 55.0 Å². The molecule has 192 valence electrons. The van der Waals surface area contributed by atoms with Crippen molar-refractivity contribution in [2.75, 3.05) is 28.1 Å². The average molecular weight is 525 g/mol. The number of hydrogen-bond donors (Lipinski definition) is 0. The Morgan fingerprint density at radius 1 is 0.973 bits per heavy atom. The summed E-state index contributed by atoms with van der Waals surface area (Å²) in [6.45, 7) is 2.68. The fourth-order valence-electron chi connectivity index (χ4n) is 4.38. The smallest absolute Gasteiger partial charge is 0.231 e. The molecule has 37 heavy (non-hydrogen) atoms. The molecule has 5 rings (SSSR count). The number of hydrogen-bond acceptors (Lipinski definition) is 8. The lowest BCUT2D eigenvalue weighted by molar-refractivity contribution is -0.0175. The molecular formula is C28H25ClO8. The van der Waals surface area contributed by atoms with Crippen LogP contribution in [0.4, 0.5) is 0 Å². The Labute approximate surface area is 219 Å². The summed E-state index contributed by atoms with van der Waals surface area (Å²) >= 11 is 6.27. The Morgan fingerprint density at radius 3 is 2.43 bits per heavy atom. The highest BCUT2D eigenvalue weighted by Gasteiger charge is 2.30. The number of carbonyl (C=O) groups is 1. The molecule has 0 atom stereocenters. The Bertz CT molecular complexity index is 1390. The summed E-state index contributed by atoms with van der Waals surface area (Å²) in [6, 6.07) is 10.6. The van der Waals surface area contributed by atoms with Gasteiger partial charge >= 0.3 is 0 Å². The number of benzene rings is 3. The highest BCUT2D eigenvalue weighted by Crippen LogP contribution is 2.42. The van der Waals surface area contributed by atoms with Crippen LogP contribution < -0.4 is 28.4 Å². The van der Waals surface area contributed by atoms with E-state index in [0.29, 0.717) is 57.1 Å². The van der Waals surface area contributed by atoms with E-state index in [4.69, 9.17) is 44.8 Å². The van der Waals surface area contributed by atoms with Crippen molar-refractivity contribution in [1.82, 2.24) is 0 Å². The number of ketones is 1. The minimum atomic E-state index is -0.226. The van der Waals surface area contributed by atoms with Gasteiger partial charge in [0.05, 0.1) is 33.5 Å². The van der Waals surface area contributed by atoms with Crippen molar-refractivity contribution in [1.29, 1.82) is 0 Å². The van der Waals surface area contributed by atoms with Crippen molar-refractivity contribution >= 4 is 23.5 Å². The third-order valence-electron chi connectivity index (χ3n) is 6.16. The lowest BCUT2D eigenvalue weighted by atomic mass is 10.1. The Hall–Kier alpha value is -3.88. The fraction of sp³-hybridized carbons (Fsp3) is 0.250. The molecule has 0 fully saturated rings. The first-order chi connectivity index (χ1) is 17.9. The lowest BCUT2D eigenvalue weighted by Crippen LogP contribution is -2.14. The standard InChI is InChI=1S/C28H25ClO8/c1-15-21(35-13-18-11-19(29)10-17-12-34-14-36-27(17)18)6-5-20-25(30)22(37-26(15)20)7-16-8-23(31-2)28(33-4)24(9-16)32-3/h5-11H,12-14H2,1-4H3/b22-7-. The van der Waals surface area contributed by atoms with Crippen LogP contribution in [0.25, 0.3) is 6.08 Å². The van der Waals surface area contributed by atoms with Crippen LogP contribution in [-0.2, 0) is 18.0 Å². The predicted molar refractivity (Wildman–Crippen MR) is 136 cm³/mol. The molecule has 0 aromatic heterocycles. The predicted octanol–water partition coefficient (Wildman–Crippen LogP) is 5.74. The molecular weight excluding hydrogens is 500 g/mol. The molecule has 2 heterocycles. The maximum absolute atomic E-state index is 13.1. The number of methoxy groups -OCH3 is 3. The summed E-state index contributed by atoms with van der Waals surface area (Å²) < 4.78 is 39.3. The Kier molecular flexibility index (Phi) is 6.86. The van der Waals surface area contributed by atoms with E-state index >= 15 is 0 Å². The molecule has 2 aliphatic heterocycles. The van der Waals surface area contributed by atoms with Crippen LogP contribution in [0.15, 0.2) is 42.2 Å². The molecule has 0 radical (unpaired) electrons. The van der Waals surface area contributed by atoms with Crippen molar-refractivity contribution in [2.24, 2.45) is 0 Å².